The largest absolute Gasteiger partial charge is 0.445 e. The minimum atomic E-state index is -0.638. The molecule has 0 spiro atoms. The number of benzene rings is 1. The molecule has 1 aromatic heterocycles. The minimum absolute atomic E-state index is 0.154. The van der Waals surface area contributed by atoms with Crippen LogP contribution < -0.4 is 20.9 Å². The van der Waals surface area contributed by atoms with Crippen LogP contribution in [0.15, 0.2) is 36.4 Å². The normalized spacial score (nSPS) is 13.4. The zero-order valence-corrected chi connectivity index (χ0v) is 17.6. The van der Waals surface area contributed by atoms with Crippen molar-refractivity contribution in [3.8, 4) is 0 Å². The first-order valence-corrected chi connectivity index (χ1v) is 10.2. The van der Waals surface area contributed by atoms with Crippen molar-refractivity contribution in [2.75, 3.05) is 56.2 Å². The number of carbonyl (C=O) groups excluding carboxylic acids is 2. The third-order valence-corrected chi connectivity index (χ3v) is 4.51. The van der Waals surface area contributed by atoms with Gasteiger partial charge in [-0.3, -0.25) is 4.79 Å². The first-order chi connectivity index (χ1) is 15.1. The van der Waals surface area contributed by atoms with Gasteiger partial charge in [-0.25, -0.2) is 9.78 Å². The summed E-state index contributed by atoms with van der Waals surface area (Å²) in [4.78, 5) is 34.7. The van der Waals surface area contributed by atoms with Gasteiger partial charge in [0.1, 0.15) is 12.4 Å². The van der Waals surface area contributed by atoms with E-state index in [1.807, 2.05) is 43.3 Å². The van der Waals surface area contributed by atoms with Gasteiger partial charge in [-0.05, 0) is 12.5 Å². The number of aryl methyl sites for hydroxylation is 1. The van der Waals surface area contributed by atoms with Gasteiger partial charge in [0.05, 0.1) is 19.8 Å². The fourth-order valence-electron chi connectivity index (χ4n) is 2.95. The van der Waals surface area contributed by atoms with Crippen molar-refractivity contribution in [2.24, 2.45) is 0 Å². The third-order valence-electron chi connectivity index (χ3n) is 4.51. The van der Waals surface area contributed by atoms with Crippen LogP contribution in [0.3, 0.4) is 0 Å². The molecule has 1 fully saturated rings. The monoisotopic (exact) mass is 428 g/mol. The lowest BCUT2D eigenvalue weighted by Gasteiger charge is -2.28. The summed E-state index contributed by atoms with van der Waals surface area (Å²) in [5, 5.41) is 8.27. The van der Waals surface area contributed by atoms with E-state index in [0.717, 1.165) is 30.2 Å². The number of nitrogens with one attached hydrogen (secondary N) is 3. The number of anilines is 2. The standard InChI is InChI=1S/C21H28N6O4/c1-16-13-18(27-9-11-30-12-10-27)26-20(25-16)23-8-7-22-19(28)14-24-21(29)31-15-17-5-3-2-4-6-17/h2-6,13H,7-12,14-15H2,1H3,(H,22,28)(H,24,29)(H,23,25,26). The van der Waals surface area contributed by atoms with Crippen LogP contribution in [0, 0.1) is 6.92 Å². The zero-order chi connectivity index (χ0) is 21.9. The molecule has 0 aliphatic carbocycles. The molecule has 1 saturated heterocycles. The van der Waals surface area contributed by atoms with Gasteiger partial charge < -0.3 is 30.3 Å². The Labute approximate surface area is 181 Å². The highest BCUT2D eigenvalue weighted by atomic mass is 16.5. The van der Waals surface area contributed by atoms with E-state index in [1.54, 1.807) is 0 Å². The van der Waals surface area contributed by atoms with Gasteiger partial charge in [-0.15, -0.1) is 0 Å². The van der Waals surface area contributed by atoms with Crippen LogP contribution in [0.5, 0.6) is 0 Å². The van der Waals surface area contributed by atoms with Gasteiger partial charge in [0, 0.05) is 37.9 Å². The maximum Gasteiger partial charge on any atom is 0.407 e. The number of hydrogen-bond donors (Lipinski definition) is 3. The van der Waals surface area contributed by atoms with Crippen LogP contribution in [0.4, 0.5) is 16.6 Å². The molecule has 3 rings (SSSR count). The van der Waals surface area contributed by atoms with E-state index in [9.17, 15) is 9.59 Å². The molecule has 0 saturated carbocycles. The highest BCUT2D eigenvalue weighted by Crippen LogP contribution is 2.16. The lowest BCUT2D eigenvalue weighted by Crippen LogP contribution is -2.39. The summed E-state index contributed by atoms with van der Waals surface area (Å²) < 4.78 is 10.4. The summed E-state index contributed by atoms with van der Waals surface area (Å²) in [7, 11) is 0. The molecule has 1 aliphatic heterocycles. The molecule has 2 aromatic rings. The summed E-state index contributed by atoms with van der Waals surface area (Å²) in [6.07, 6.45) is -0.638. The molecule has 2 amide bonds. The second-order valence-electron chi connectivity index (χ2n) is 6.98. The van der Waals surface area contributed by atoms with Crippen LogP contribution in [-0.4, -0.2) is 67.9 Å². The Bertz CT molecular complexity index is 858. The molecule has 2 heterocycles. The van der Waals surface area contributed by atoms with Gasteiger partial charge in [0.2, 0.25) is 11.9 Å². The van der Waals surface area contributed by atoms with E-state index >= 15 is 0 Å². The first kappa shape index (κ1) is 22.3. The number of aromatic nitrogens is 2. The Hall–Kier alpha value is -3.40. The van der Waals surface area contributed by atoms with Gasteiger partial charge in [-0.2, -0.15) is 4.98 Å². The summed E-state index contributed by atoms with van der Waals surface area (Å²) in [5.41, 5.74) is 1.74. The quantitative estimate of drug-likeness (QED) is 0.508. The average Bonchev–Trinajstić information content (AvgIpc) is 2.80. The Balaban J connectivity index is 1.32. The van der Waals surface area contributed by atoms with Crippen molar-refractivity contribution < 1.29 is 19.1 Å². The average molecular weight is 428 g/mol. The SMILES string of the molecule is Cc1cc(N2CCOCC2)nc(NCCNC(=O)CNC(=O)OCc2ccccc2)n1. The fraction of sp³-hybridized carbons (Fsp3) is 0.429. The van der Waals surface area contributed by atoms with Crippen molar-refractivity contribution in [2.45, 2.75) is 13.5 Å². The lowest BCUT2D eigenvalue weighted by atomic mass is 10.2. The lowest BCUT2D eigenvalue weighted by molar-refractivity contribution is -0.120. The molecule has 10 heteroatoms. The number of amides is 2. The van der Waals surface area contributed by atoms with E-state index in [1.165, 1.54) is 0 Å². The molecule has 31 heavy (non-hydrogen) atoms. The van der Waals surface area contributed by atoms with Gasteiger partial charge in [0.15, 0.2) is 0 Å². The Morgan fingerprint density at radius 3 is 2.65 bits per heavy atom. The third kappa shape index (κ3) is 7.74. The van der Waals surface area contributed by atoms with Crippen molar-refractivity contribution in [3.63, 3.8) is 0 Å². The fourth-order valence-corrected chi connectivity index (χ4v) is 2.95. The number of nitrogens with zero attached hydrogens (tertiary/aromatic N) is 3. The second-order valence-corrected chi connectivity index (χ2v) is 6.98. The van der Waals surface area contributed by atoms with Crippen molar-refractivity contribution in [1.29, 1.82) is 0 Å². The zero-order valence-electron chi connectivity index (χ0n) is 17.6. The highest BCUT2D eigenvalue weighted by molar-refractivity contribution is 5.82. The van der Waals surface area contributed by atoms with Crippen LogP contribution in [0.25, 0.3) is 0 Å². The van der Waals surface area contributed by atoms with E-state index in [2.05, 4.69) is 30.8 Å². The number of carbonyl (C=O) groups is 2. The Morgan fingerprint density at radius 1 is 1.10 bits per heavy atom. The maximum absolute atomic E-state index is 11.9. The number of rotatable bonds is 9. The molecule has 166 valence electrons. The molecule has 10 nitrogen and oxygen atoms in total. The molecule has 0 unspecified atom stereocenters. The topological polar surface area (TPSA) is 118 Å². The summed E-state index contributed by atoms with van der Waals surface area (Å²) in [5.74, 6) is 1.07. The van der Waals surface area contributed by atoms with Crippen LogP contribution in [0.1, 0.15) is 11.3 Å². The molecular formula is C21H28N6O4. The molecule has 0 bridgehead atoms. The molecule has 0 atom stereocenters. The number of ether oxygens (including phenoxy) is 2. The number of morpholine rings is 1. The van der Waals surface area contributed by atoms with Crippen LogP contribution in [0.2, 0.25) is 0 Å². The molecule has 3 N–H and O–H groups in total. The van der Waals surface area contributed by atoms with Crippen molar-refractivity contribution in [3.05, 3.63) is 47.7 Å². The van der Waals surface area contributed by atoms with E-state index in [4.69, 9.17) is 9.47 Å². The minimum Gasteiger partial charge on any atom is -0.445 e. The van der Waals surface area contributed by atoms with Crippen LogP contribution >= 0.6 is 0 Å². The number of hydrogen-bond acceptors (Lipinski definition) is 8. The van der Waals surface area contributed by atoms with E-state index in [0.29, 0.717) is 32.3 Å². The summed E-state index contributed by atoms with van der Waals surface area (Å²) in [6, 6.07) is 11.3. The van der Waals surface area contributed by atoms with Gasteiger partial charge in [0.25, 0.3) is 0 Å². The summed E-state index contributed by atoms with van der Waals surface area (Å²) in [6.45, 7) is 5.70. The molecule has 1 aromatic carbocycles. The van der Waals surface area contributed by atoms with Gasteiger partial charge in [-0.1, -0.05) is 30.3 Å². The first-order valence-electron chi connectivity index (χ1n) is 10.2. The van der Waals surface area contributed by atoms with Crippen molar-refractivity contribution in [1.82, 2.24) is 20.6 Å². The molecule has 0 radical (unpaired) electrons. The second kappa shape index (κ2) is 11.7. The maximum atomic E-state index is 11.9. The van der Waals surface area contributed by atoms with E-state index < -0.39 is 6.09 Å². The predicted molar refractivity (Wildman–Crippen MR) is 116 cm³/mol. The number of alkyl carbamates (subject to hydrolysis) is 1. The Morgan fingerprint density at radius 2 is 1.87 bits per heavy atom. The highest BCUT2D eigenvalue weighted by Gasteiger charge is 2.14. The van der Waals surface area contributed by atoms with Crippen LogP contribution in [-0.2, 0) is 20.9 Å². The smallest absolute Gasteiger partial charge is 0.407 e. The van der Waals surface area contributed by atoms with E-state index in [-0.39, 0.29) is 19.1 Å². The van der Waals surface area contributed by atoms with Gasteiger partial charge >= 0.3 is 6.09 Å². The summed E-state index contributed by atoms with van der Waals surface area (Å²) >= 11 is 0. The Kier molecular flexibility index (Phi) is 8.41. The predicted octanol–water partition coefficient (Wildman–Crippen LogP) is 1.08. The molecular weight excluding hydrogens is 400 g/mol. The van der Waals surface area contributed by atoms with Crippen molar-refractivity contribution >= 4 is 23.8 Å². The molecule has 1 aliphatic rings.